The predicted molar refractivity (Wildman–Crippen MR) is 59.6 cm³/mol. The largest absolute Gasteiger partial charge is 0.346 e. The van der Waals surface area contributed by atoms with Crippen molar-refractivity contribution in [3.05, 3.63) is 42.2 Å². The average Bonchev–Trinajstić information content (AvgIpc) is 2.86. The van der Waals surface area contributed by atoms with Crippen molar-refractivity contribution in [1.29, 1.82) is 0 Å². The monoisotopic (exact) mass is 240 g/mol. The fourth-order valence-corrected chi connectivity index (χ4v) is 1.63. The number of halogens is 2. The van der Waals surface area contributed by atoms with Crippen molar-refractivity contribution < 1.29 is 8.78 Å². The van der Waals surface area contributed by atoms with Gasteiger partial charge in [0.2, 0.25) is 0 Å². The zero-order chi connectivity index (χ0) is 12.4. The summed E-state index contributed by atoms with van der Waals surface area (Å²) in [4.78, 5) is 3.92. The second-order valence-electron chi connectivity index (χ2n) is 3.93. The van der Waals surface area contributed by atoms with E-state index in [0.29, 0.717) is 12.4 Å². The third-order valence-corrected chi connectivity index (χ3v) is 2.58. The molecule has 0 aromatic carbocycles. The zero-order valence-corrected chi connectivity index (χ0v) is 9.42. The van der Waals surface area contributed by atoms with Gasteiger partial charge in [-0.2, -0.15) is 8.78 Å². The third-order valence-electron chi connectivity index (χ3n) is 2.58. The van der Waals surface area contributed by atoms with E-state index in [4.69, 9.17) is 5.73 Å². The Morgan fingerprint density at radius 1 is 1.41 bits per heavy atom. The Morgan fingerprint density at radius 2 is 2.18 bits per heavy atom. The van der Waals surface area contributed by atoms with Gasteiger partial charge in [-0.1, -0.05) is 0 Å². The number of nitrogens with zero attached hydrogens (tertiary/aromatic N) is 3. The zero-order valence-electron chi connectivity index (χ0n) is 9.42. The molecule has 92 valence electrons. The molecule has 0 fully saturated rings. The quantitative estimate of drug-likeness (QED) is 0.890. The van der Waals surface area contributed by atoms with Crippen LogP contribution >= 0.6 is 0 Å². The Labute approximate surface area is 97.7 Å². The molecule has 0 radical (unpaired) electrons. The van der Waals surface area contributed by atoms with Crippen molar-refractivity contribution >= 4 is 0 Å². The molecule has 0 aliphatic rings. The van der Waals surface area contributed by atoms with E-state index in [1.165, 1.54) is 12.4 Å². The molecule has 2 N–H and O–H groups in total. The fourth-order valence-electron chi connectivity index (χ4n) is 1.63. The summed E-state index contributed by atoms with van der Waals surface area (Å²) in [7, 11) is 0. The van der Waals surface area contributed by atoms with Crippen molar-refractivity contribution in [3.63, 3.8) is 0 Å². The number of nitrogens with two attached hydrogens (primary N) is 1. The van der Waals surface area contributed by atoms with E-state index in [1.807, 2.05) is 25.4 Å². The van der Waals surface area contributed by atoms with Gasteiger partial charge in [0.25, 0.3) is 0 Å². The van der Waals surface area contributed by atoms with E-state index < -0.39 is 6.55 Å². The number of alkyl halides is 2. The Kier molecular flexibility index (Phi) is 3.23. The normalized spacial score (nSPS) is 13.2. The van der Waals surface area contributed by atoms with Gasteiger partial charge in [-0.25, -0.2) is 4.98 Å². The Balaban J connectivity index is 2.17. The van der Waals surface area contributed by atoms with Gasteiger partial charge in [0.1, 0.15) is 5.82 Å². The SMILES string of the molecule is CC(N)c1ccn(Cc2nccn2C(F)F)c1. The van der Waals surface area contributed by atoms with Crippen molar-refractivity contribution in [2.75, 3.05) is 0 Å². The number of imidazole rings is 1. The topological polar surface area (TPSA) is 48.8 Å². The maximum Gasteiger partial charge on any atom is 0.319 e. The van der Waals surface area contributed by atoms with Crippen molar-refractivity contribution in [3.8, 4) is 0 Å². The molecule has 0 saturated carbocycles. The van der Waals surface area contributed by atoms with Gasteiger partial charge in [-0.3, -0.25) is 4.57 Å². The summed E-state index contributed by atoms with van der Waals surface area (Å²) in [6.07, 6.45) is 6.30. The maximum absolute atomic E-state index is 12.6. The van der Waals surface area contributed by atoms with Gasteiger partial charge in [0.15, 0.2) is 0 Å². The molecule has 2 aromatic heterocycles. The minimum absolute atomic E-state index is 0.0638. The third kappa shape index (κ3) is 2.52. The molecule has 17 heavy (non-hydrogen) atoms. The van der Waals surface area contributed by atoms with E-state index in [9.17, 15) is 8.78 Å². The first-order valence-electron chi connectivity index (χ1n) is 5.29. The van der Waals surface area contributed by atoms with Crippen molar-refractivity contribution in [2.24, 2.45) is 5.73 Å². The molecule has 1 atom stereocenters. The lowest BCUT2D eigenvalue weighted by Crippen LogP contribution is -2.08. The van der Waals surface area contributed by atoms with Crippen LogP contribution in [-0.2, 0) is 6.54 Å². The number of aromatic nitrogens is 3. The molecule has 0 aliphatic carbocycles. The Hall–Kier alpha value is -1.69. The predicted octanol–water partition coefficient (Wildman–Crippen LogP) is 2.15. The van der Waals surface area contributed by atoms with E-state index in [-0.39, 0.29) is 6.04 Å². The molecule has 2 aromatic rings. The molecule has 4 nitrogen and oxygen atoms in total. The van der Waals surface area contributed by atoms with Crippen LogP contribution < -0.4 is 5.73 Å². The van der Waals surface area contributed by atoms with E-state index >= 15 is 0 Å². The lowest BCUT2D eigenvalue weighted by Gasteiger charge is -2.07. The summed E-state index contributed by atoms with van der Waals surface area (Å²) in [5.74, 6) is 0.326. The minimum atomic E-state index is -2.56. The number of hydrogen-bond donors (Lipinski definition) is 1. The second kappa shape index (κ2) is 4.67. The highest BCUT2D eigenvalue weighted by molar-refractivity contribution is 5.14. The molecule has 0 spiro atoms. The lowest BCUT2D eigenvalue weighted by molar-refractivity contribution is 0.0667. The van der Waals surface area contributed by atoms with Crippen LogP contribution in [0.15, 0.2) is 30.9 Å². The van der Waals surface area contributed by atoms with Crippen LogP contribution in [0.2, 0.25) is 0 Å². The summed E-state index contributed by atoms with van der Waals surface area (Å²) in [5.41, 5.74) is 6.70. The molecular weight excluding hydrogens is 226 g/mol. The molecule has 0 aliphatic heterocycles. The van der Waals surface area contributed by atoms with Crippen LogP contribution in [0.1, 0.15) is 30.9 Å². The van der Waals surface area contributed by atoms with Gasteiger partial charge in [0.05, 0.1) is 6.54 Å². The van der Waals surface area contributed by atoms with Crippen molar-refractivity contribution in [1.82, 2.24) is 14.1 Å². The second-order valence-corrected chi connectivity index (χ2v) is 3.93. The molecule has 0 saturated heterocycles. The Morgan fingerprint density at radius 3 is 2.76 bits per heavy atom. The maximum atomic E-state index is 12.6. The molecule has 0 bridgehead atoms. The molecule has 1 unspecified atom stereocenters. The summed E-state index contributed by atoms with van der Waals surface area (Å²) in [5, 5.41) is 0. The van der Waals surface area contributed by atoms with Crippen molar-refractivity contribution in [2.45, 2.75) is 26.1 Å². The van der Waals surface area contributed by atoms with Crippen LogP contribution in [0, 0.1) is 0 Å². The fraction of sp³-hybridized carbons (Fsp3) is 0.364. The highest BCUT2D eigenvalue weighted by Gasteiger charge is 2.11. The van der Waals surface area contributed by atoms with Gasteiger partial charge >= 0.3 is 6.55 Å². The molecule has 2 heterocycles. The van der Waals surface area contributed by atoms with Crippen LogP contribution in [0.25, 0.3) is 0 Å². The summed E-state index contributed by atoms with van der Waals surface area (Å²) >= 11 is 0. The smallest absolute Gasteiger partial charge is 0.319 e. The summed E-state index contributed by atoms with van der Waals surface area (Å²) in [6, 6.07) is 1.81. The van der Waals surface area contributed by atoms with Gasteiger partial charge in [0, 0.05) is 30.8 Å². The summed E-state index contributed by atoms with van der Waals surface area (Å²) < 4.78 is 27.8. The first-order chi connectivity index (χ1) is 8.08. The lowest BCUT2D eigenvalue weighted by atomic mass is 10.2. The van der Waals surface area contributed by atoms with Crippen LogP contribution in [0.3, 0.4) is 0 Å². The Bertz CT molecular complexity index is 487. The van der Waals surface area contributed by atoms with E-state index in [2.05, 4.69) is 4.98 Å². The summed E-state index contributed by atoms with van der Waals surface area (Å²) in [6.45, 7) is -0.375. The standard InChI is InChI=1S/C11H14F2N4/c1-8(14)9-2-4-16(6-9)7-10-15-3-5-17(10)11(12)13/h2-6,8,11H,7,14H2,1H3. The molecule has 6 heteroatoms. The number of hydrogen-bond acceptors (Lipinski definition) is 2. The first-order valence-corrected chi connectivity index (χ1v) is 5.29. The van der Waals surface area contributed by atoms with Crippen LogP contribution in [0.5, 0.6) is 0 Å². The molecular formula is C11H14F2N4. The first kappa shape index (κ1) is 11.8. The highest BCUT2D eigenvalue weighted by atomic mass is 19.3. The van der Waals surface area contributed by atoms with Crippen LogP contribution in [-0.4, -0.2) is 14.1 Å². The highest BCUT2D eigenvalue weighted by Crippen LogP contribution is 2.15. The van der Waals surface area contributed by atoms with Gasteiger partial charge in [-0.15, -0.1) is 0 Å². The minimum Gasteiger partial charge on any atom is -0.346 e. The average molecular weight is 240 g/mol. The van der Waals surface area contributed by atoms with Gasteiger partial charge in [-0.05, 0) is 18.6 Å². The molecule has 2 rings (SSSR count). The van der Waals surface area contributed by atoms with E-state index in [0.717, 1.165) is 10.1 Å². The van der Waals surface area contributed by atoms with E-state index in [1.54, 1.807) is 4.57 Å². The molecule has 0 amide bonds. The van der Waals surface area contributed by atoms with Crippen LogP contribution in [0.4, 0.5) is 8.78 Å². The van der Waals surface area contributed by atoms with Gasteiger partial charge < -0.3 is 10.3 Å². The number of rotatable bonds is 4.